The van der Waals surface area contributed by atoms with Crippen molar-refractivity contribution in [2.75, 3.05) is 0 Å². The van der Waals surface area contributed by atoms with Crippen molar-refractivity contribution in [1.82, 2.24) is 0 Å². The Hall–Kier alpha value is -2.26. The monoisotopic (exact) mass is 366 g/mol. The third-order valence-corrected chi connectivity index (χ3v) is 5.79. The Labute approximate surface area is 161 Å². The summed E-state index contributed by atoms with van der Waals surface area (Å²) in [5.74, 6) is 1.30. The zero-order valence-corrected chi connectivity index (χ0v) is 16.6. The van der Waals surface area contributed by atoms with E-state index in [1.165, 1.54) is 18.4 Å². The smallest absolute Gasteiger partial charge is 0.134 e. The molecule has 0 fully saturated rings. The van der Waals surface area contributed by atoms with Crippen LogP contribution < -0.4 is 0 Å². The molecule has 0 saturated heterocycles. The lowest BCUT2D eigenvalue weighted by molar-refractivity contribution is 0.282. The van der Waals surface area contributed by atoms with Crippen molar-refractivity contribution >= 4 is 11.0 Å². The van der Waals surface area contributed by atoms with E-state index in [0.29, 0.717) is 5.75 Å². The topological polar surface area (TPSA) is 53.6 Å². The van der Waals surface area contributed by atoms with Crippen LogP contribution in [0.1, 0.15) is 68.4 Å². The van der Waals surface area contributed by atoms with Crippen LogP contribution in [0.15, 0.2) is 46.9 Å². The van der Waals surface area contributed by atoms with Crippen molar-refractivity contribution in [3.05, 3.63) is 64.9 Å². The minimum atomic E-state index is -0.216. The van der Waals surface area contributed by atoms with Gasteiger partial charge in [-0.15, -0.1) is 0 Å². The Morgan fingerprint density at radius 2 is 1.81 bits per heavy atom. The third-order valence-electron chi connectivity index (χ3n) is 5.79. The molecule has 1 unspecified atom stereocenters. The van der Waals surface area contributed by atoms with E-state index in [4.69, 9.17) is 4.42 Å². The van der Waals surface area contributed by atoms with Gasteiger partial charge in [0.25, 0.3) is 0 Å². The van der Waals surface area contributed by atoms with Crippen LogP contribution in [0.25, 0.3) is 11.0 Å². The number of phenolic OH excluding ortho intramolecular Hbond substituents is 1. The number of aryl methyl sites for hydroxylation is 1. The van der Waals surface area contributed by atoms with E-state index < -0.39 is 0 Å². The summed E-state index contributed by atoms with van der Waals surface area (Å²) < 4.78 is 6.34. The fourth-order valence-corrected chi connectivity index (χ4v) is 4.02. The van der Waals surface area contributed by atoms with Crippen LogP contribution in [0.4, 0.5) is 0 Å². The Balaban J connectivity index is 2.14. The molecular weight excluding hydrogens is 336 g/mol. The Morgan fingerprint density at radius 1 is 1.00 bits per heavy atom. The summed E-state index contributed by atoms with van der Waals surface area (Å²) >= 11 is 0. The van der Waals surface area contributed by atoms with E-state index >= 15 is 0 Å². The fraction of sp³-hybridized carbons (Fsp3) is 0.417. The SMILES string of the molecule is CCCCCC(CC)(c1ccc(O)c(C)c1)c1cc2cc(CO)ccc2o1. The molecule has 2 N–H and O–H groups in total. The van der Waals surface area contributed by atoms with Crippen molar-refractivity contribution < 1.29 is 14.6 Å². The molecule has 0 amide bonds. The van der Waals surface area contributed by atoms with E-state index in [9.17, 15) is 10.2 Å². The average molecular weight is 367 g/mol. The number of fused-ring (bicyclic) bond motifs is 1. The highest BCUT2D eigenvalue weighted by Crippen LogP contribution is 2.43. The number of benzene rings is 2. The summed E-state index contributed by atoms with van der Waals surface area (Å²) in [6, 6.07) is 13.9. The number of aromatic hydroxyl groups is 1. The highest BCUT2D eigenvalue weighted by atomic mass is 16.3. The van der Waals surface area contributed by atoms with Crippen LogP contribution in [0.5, 0.6) is 5.75 Å². The van der Waals surface area contributed by atoms with Crippen molar-refractivity contribution in [3.8, 4) is 5.75 Å². The second-order valence-electron chi connectivity index (χ2n) is 7.53. The molecule has 3 rings (SSSR count). The largest absolute Gasteiger partial charge is 0.508 e. The van der Waals surface area contributed by atoms with E-state index in [1.54, 1.807) is 6.07 Å². The lowest BCUT2D eigenvalue weighted by Gasteiger charge is -2.32. The lowest BCUT2D eigenvalue weighted by Crippen LogP contribution is -2.26. The minimum Gasteiger partial charge on any atom is -0.508 e. The van der Waals surface area contributed by atoms with Gasteiger partial charge in [0.1, 0.15) is 17.1 Å². The van der Waals surface area contributed by atoms with Gasteiger partial charge in [-0.2, -0.15) is 0 Å². The van der Waals surface area contributed by atoms with E-state index in [2.05, 4.69) is 26.0 Å². The molecule has 0 aliphatic carbocycles. The summed E-state index contributed by atoms with van der Waals surface area (Å²) in [7, 11) is 0. The number of phenols is 1. The minimum absolute atomic E-state index is 0.0308. The molecule has 3 nitrogen and oxygen atoms in total. The maximum atomic E-state index is 9.99. The van der Waals surface area contributed by atoms with Crippen molar-refractivity contribution in [2.24, 2.45) is 0 Å². The molecule has 0 spiro atoms. The second-order valence-corrected chi connectivity index (χ2v) is 7.53. The predicted molar refractivity (Wildman–Crippen MR) is 110 cm³/mol. The molecule has 0 saturated carbocycles. The van der Waals surface area contributed by atoms with Crippen LogP contribution in [0.2, 0.25) is 0 Å². The molecular formula is C24H30O3. The summed E-state index contributed by atoms with van der Waals surface area (Å²) in [6.07, 6.45) is 5.42. The molecule has 3 aromatic rings. The van der Waals surface area contributed by atoms with Gasteiger partial charge < -0.3 is 14.6 Å². The molecule has 144 valence electrons. The summed E-state index contributed by atoms with van der Waals surface area (Å²) in [5.41, 5.74) is 3.61. The molecule has 0 aliphatic rings. The van der Waals surface area contributed by atoms with Gasteiger partial charge in [0.05, 0.1) is 12.0 Å². The standard InChI is InChI=1S/C24H30O3/c1-4-6-7-12-24(5-2,20-9-10-21(26)17(3)13-20)23-15-19-14-18(16-25)8-11-22(19)27-23/h8-11,13-15,25-26H,4-7,12,16H2,1-3H3. The van der Waals surface area contributed by atoms with Crippen LogP contribution in [-0.2, 0) is 12.0 Å². The highest BCUT2D eigenvalue weighted by Gasteiger charge is 2.35. The molecule has 1 heterocycles. The molecule has 0 bridgehead atoms. The Morgan fingerprint density at radius 3 is 2.48 bits per heavy atom. The Bertz CT molecular complexity index is 909. The zero-order chi connectivity index (χ0) is 19.4. The van der Waals surface area contributed by atoms with E-state index in [1.807, 2.05) is 31.2 Å². The number of rotatable bonds is 8. The molecule has 1 atom stereocenters. The molecule has 3 heteroatoms. The first-order chi connectivity index (χ1) is 13.0. The van der Waals surface area contributed by atoms with Crippen LogP contribution in [0.3, 0.4) is 0 Å². The summed E-state index contributed by atoms with van der Waals surface area (Å²) in [6.45, 7) is 6.40. The first-order valence-corrected chi connectivity index (χ1v) is 9.98. The van der Waals surface area contributed by atoms with E-state index in [0.717, 1.165) is 47.1 Å². The maximum Gasteiger partial charge on any atom is 0.134 e. The highest BCUT2D eigenvalue weighted by molar-refractivity contribution is 5.79. The Kier molecular flexibility index (Phi) is 5.91. The van der Waals surface area contributed by atoms with Gasteiger partial charge in [0.2, 0.25) is 0 Å². The van der Waals surface area contributed by atoms with Crippen LogP contribution in [0, 0.1) is 6.92 Å². The first kappa shape index (κ1) is 19.5. The normalized spacial score (nSPS) is 13.8. The van der Waals surface area contributed by atoms with Gasteiger partial charge in [-0.05, 0) is 60.7 Å². The van der Waals surface area contributed by atoms with Crippen LogP contribution in [-0.4, -0.2) is 10.2 Å². The molecule has 0 aliphatic heterocycles. The number of aliphatic hydroxyl groups excluding tert-OH is 1. The molecule has 0 radical (unpaired) electrons. The quantitative estimate of drug-likeness (QED) is 0.466. The molecule has 27 heavy (non-hydrogen) atoms. The number of hydrogen-bond acceptors (Lipinski definition) is 3. The lowest BCUT2D eigenvalue weighted by atomic mass is 9.72. The zero-order valence-electron chi connectivity index (χ0n) is 16.6. The number of aliphatic hydroxyl groups is 1. The average Bonchev–Trinajstić information content (AvgIpc) is 3.11. The molecule has 2 aromatic carbocycles. The number of furan rings is 1. The van der Waals surface area contributed by atoms with Crippen molar-refractivity contribution in [1.29, 1.82) is 0 Å². The predicted octanol–water partition coefficient (Wildman–Crippen LogP) is 6.22. The van der Waals surface area contributed by atoms with Gasteiger partial charge in [-0.25, -0.2) is 0 Å². The van der Waals surface area contributed by atoms with Gasteiger partial charge in [0.15, 0.2) is 0 Å². The third kappa shape index (κ3) is 3.74. The van der Waals surface area contributed by atoms with Gasteiger partial charge >= 0.3 is 0 Å². The number of unbranched alkanes of at least 4 members (excludes halogenated alkanes) is 2. The van der Waals surface area contributed by atoms with Gasteiger partial charge in [-0.3, -0.25) is 0 Å². The summed E-state index contributed by atoms with van der Waals surface area (Å²) in [4.78, 5) is 0. The van der Waals surface area contributed by atoms with Crippen molar-refractivity contribution in [2.45, 2.75) is 64.9 Å². The van der Waals surface area contributed by atoms with Crippen LogP contribution >= 0.6 is 0 Å². The number of hydrogen-bond donors (Lipinski definition) is 2. The maximum absolute atomic E-state index is 9.99. The van der Waals surface area contributed by atoms with Gasteiger partial charge in [0, 0.05) is 5.39 Å². The molecule has 1 aromatic heterocycles. The van der Waals surface area contributed by atoms with Crippen molar-refractivity contribution in [3.63, 3.8) is 0 Å². The van der Waals surface area contributed by atoms with E-state index in [-0.39, 0.29) is 12.0 Å². The fourth-order valence-electron chi connectivity index (χ4n) is 4.02. The first-order valence-electron chi connectivity index (χ1n) is 9.98. The van der Waals surface area contributed by atoms with Gasteiger partial charge in [-0.1, -0.05) is 51.3 Å². The second kappa shape index (κ2) is 8.18. The summed E-state index contributed by atoms with van der Waals surface area (Å²) in [5, 5.41) is 20.5.